The van der Waals surface area contributed by atoms with Crippen molar-refractivity contribution in [1.82, 2.24) is 15.1 Å². The Morgan fingerprint density at radius 1 is 1.08 bits per heavy atom. The van der Waals surface area contributed by atoms with Gasteiger partial charge >= 0.3 is 0 Å². The van der Waals surface area contributed by atoms with E-state index in [0.717, 1.165) is 19.0 Å². The monoisotopic (exact) mass is 462 g/mol. The van der Waals surface area contributed by atoms with Gasteiger partial charge in [-0.25, -0.2) is 0 Å². The number of guanidine groups is 1. The molecular formula is C18H31IN4O2. The molecule has 1 spiro atoms. The van der Waals surface area contributed by atoms with Gasteiger partial charge in [0.15, 0.2) is 5.96 Å². The fraction of sp³-hybridized carbons (Fsp3) is 0.833. The van der Waals surface area contributed by atoms with Crippen LogP contribution in [0.5, 0.6) is 0 Å². The summed E-state index contributed by atoms with van der Waals surface area (Å²) >= 11 is 0. The molecule has 3 rings (SSSR count). The maximum Gasteiger partial charge on any atom is 0.229 e. The lowest BCUT2D eigenvalue weighted by Gasteiger charge is -2.33. The number of halogens is 1. The second kappa shape index (κ2) is 9.19. The molecule has 2 aliphatic heterocycles. The van der Waals surface area contributed by atoms with Crippen molar-refractivity contribution < 1.29 is 9.59 Å². The molecular weight excluding hydrogens is 431 g/mol. The molecule has 0 aromatic carbocycles. The molecule has 2 heterocycles. The smallest absolute Gasteiger partial charge is 0.229 e. The first kappa shape index (κ1) is 20.5. The summed E-state index contributed by atoms with van der Waals surface area (Å²) in [7, 11) is 1.81. The average molecular weight is 462 g/mol. The number of nitrogens with one attached hydrogen (secondary N) is 1. The van der Waals surface area contributed by atoms with Crippen LogP contribution in [0.25, 0.3) is 0 Å². The Hall–Kier alpha value is -0.860. The van der Waals surface area contributed by atoms with Crippen LogP contribution >= 0.6 is 24.0 Å². The number of aliphatic imine (C=N–C) groups is 1. The average Bonchev–Trinajstić information content (AvgIpc) is 2.98. The third-order valence-electron chi connectivity index (χ3n) is 5.87. The van der Waals surface area contributed by atoms with E-state index in [1.165, 1.54) is 43.4 Å². The molecule has 0 aromatic heterocycles. The van der Waals surface area contributed by atoms with E-state index >= 15 is 0 Å². The molecule has 142 valence electrons. The van der Waals surface area contributed by atoms with Crippen LogP contribution in [0.15, 0.2) is 4.99 Å². The Bertz CT molecular complexity index is 501. The molecule has 3 aliphatic rings. The van der Waals surface area contributed by atoms with Gasteiger partial charge < -0.3 is 10.2 Å². The summed E-state index contributed by atoms with van der Waals surface area (Å²) in [6.07, 6.45) is 9.74. The van der Waals surface area contributed by atoms with Gasteiger partial charge in [0.1, 0.15) is 0 Å². The zero-order valence-corrected chi connectivity index (χ0v) is 17.6. The lowest BCUT2D eigenvalue weighted by Crippen LogP contribution is -2.47. The molecule has 1 saturated carbocycles. The van der Waals surface area contributed by atoms with E-state index in [2.05, 4.69) is 15.2 Å². The van der Waals surface area contributed by atoms with Crippen LogP contribution in [0.1, 0.15) is 57.8 Å². The SMILES string of the molecule is CN=C(NCCN1C(=O)CCCC1=O)N1CCC2(CCCCC2)C1.I. The maximum absolute atomic E-state index is 11.8. The first-order valence-electron chi connectivity index (χ1n) is 9.42. The maximum atomic E-state index is 11.8. The highest BCUT2D eigenvalue weighted by Crippen LogP contribution is 2.43. The van der Waals surface area contributed by atoms with Crippen LogP contribution in [0.4, 0.5) is 0 Å². The molecule has 0 aromatic rings. The molecule has 1 aliphatic carbocycles. The lowest BCUT2D eigenvalue weighted by molar-refractivity contribution is -0.147. The molecule has 0 unspecified atom stereocenters. The van der Waals surface area contributed by atoms with Gasteiger partial charge in [0.2, 0.25) is 11.8 Å². The van der Waals surface area contributed by atoms with Gasteiger partial charge in [-0.2, -0.15) is 0 Å². The third-order valence-corrected chi connectivity index (χ3v) is 5.87. The Balaban J connectivity index is 0.00000225. The fourth-order valence-electron chi connectivity index (χ4n) is 4.49. The second-order valence-electron chi connectivity index (χ2n) is 7.50. The number of nitrogens with zero attached hydrogens (tertiary/aromatic N) is 3. The zero-order chi connectivity index (χ0) is 17.0. The highest BCUT2D eigenvalue weighted by Gasteiger charge is 2.39. The van der Waals surface area contributed by atoms with Gasteiger partial charge in [-0.1, -0.05) is 19.3 Å². The molecule has 0 atom stereocenters. The Kier molecular flexibility index (Phi) is 7.51. The quantitative estimate of drug-likeness (QED) is 0.303. The minimum absolute atomic E-state index is 0. The van der Waals surface area contributed by atoms with E-state index in [1.54, 1.807) is 0 Å². The standard InChI is InChI=1S/C18H30N4O2.HI/c1-19-17(20-11-13-22-15(23)6-5-7-16(22)24)21-12-10-18(14-21)8-3-2-4-9-18;/h2-14H2,1H3,(H,19,20);1H. The molecule has 0 bridgehead atoms. The third kappa shape index (κ3) is 4.86. The van der Waals surface area contributed by atoms with Crippen molar-refractivity contribution in [3.63, 3.8) is 0 Å². The summed E-state index contributed by atoms with van der Waals surface area (Å²) in [6, 6.07) is 0. The summed E-state index contributed by atoms with van der Waals surface area (Å²) in [5, 5.41) is 3.35. The lowest BCUT2D eigenvalue weighted by atomic mass is 9.73. The largest absolute Gasteiger partial charge is 0.354 e. The van der Waals surface area contributed by atoms with Gasteiger partial charge in [0.05, 0.1) is 0 Å². The number of piperidine rings is 1. The molecule has 0 radical (unpaired) electrons. The highest BCUT2D eigenvalue weighted by atomic mass is 127. The summed E-state index contributed by atoms with van der Waals surface area (Å²) < 4.78 is 0. The van der Waals surface area contributed by atoms with Crippen LogP contribution in [0.3, 0.4) is 0 Å². The fourth-order valence-corrected chi connectivity index (χ4v) is 4.49. The van der Waals surface area contributed by atoms with Gasteiger partial charge in [0.25, 0.3) is 0 Å². The Morgan fingerprint density at radius 3 is 2.40 bits per heavy atom. The Morgan fingerprint density at radius 2 is 1.76 bits per heavy atom. The topological polar surface area (TPSA) is 65.0 Å². The van der Waals surface area contributed by atoms with E-state index in [-0.39, 0.29) is 35.8 Å². The predicted molar refractivity (Wildman–Crippen MR) is 109 cm³/mol. The number of amides is 2. The number of hydrogen-bond acceptors (Lipinski definition) is 3. The van der Waals surface area contributed by atoms with Gasteiger partial charge in [-0.05, 0) is 31.1 Å². The molecule has 2 amide bonds. The summed E-state index contributed by atoms with van der Waals surface area (Å²) in [4.78, 5) is 31.9. The molecule has 6 nitrogen and oxygen atoms in total. The van der Waals surface area contributed by atoms with Crippen LogP contribution in [-0.2, 0) is 9.59 Å². The zero-order valence-electron chi connectivity index (χ0n) is 15.3. The molecule has 1 N–H and O–H groups in total. The second-order valence-corrected chi connectivity index (χ2v) is 7.50. The van der Waals surface area contributed by atoms with Crippen LogP contribution < -0.4 is 5.32 Å². The molecule has 7 heteroatoms. The van der Waals surface area contributed by atoms with Crippen molar-refractivity contribution in [2.75, 3.05) is 33.2 Å². The Labute approximate surface area is 167 Å². The van der Waals surface area contributed by atoms with Crippen molar-refractivity contribution in [2.45, 2.75) is 57.8 Å². The van der Waals surface area contributed by atoms with Crippen molar-refractivity contribution in [2.24, 2.45) is 10.4 Å². The van der Waals surface area contributed by atoms with Crippen LogP contribution in [0, 0.1) is 5.41 Å². The normalized spacial score (nSPS) is 23.8. The number of rotatable bonds is 3. The number of carbonyl (C=O) groups excluding carboxylic acids is 2. The van der Waals surface area contributed by atoms with Crippen LogP contribution in [0.2, 0.25) is 0 Å². The molecule has 3 fully saturated rings. The first-order valence-corrected chi connectivity index (χ1v) is 9.42. The van der Waals surface area contributed by atoms with Crippen LogP contribution in [-0.4, -0.2) is 60.8 Å². The minimum Gasteiger partial charge on any atom is -0.354 e. The minimum atomic E-state index is -0.0367. The van der Waals surface area contributed by atoms with E-state index in [4.69, 9.17) is 0 Å². The summed E-state index contributed by atoms with van der Waals surface area (Å²) in [5.74, 6) is 0.838. The number of hydrogen-bond donors (Lipinski definition) is 1. The van der Waals surface area contributed by atoms with Gasteiger partial charge in [0, 0.05) is 46.1 Å². The van der Waals surface area contributed by atoms with Crippen molar-refractivity contribution >= 4 is 41.8 Å². The van der Waals surface area contributed by atoms with Crippen molar-refractivity contribution in [1.29, 1.82) is 0 Å². The van der Waals surface area contributed by atoms with E-state index in [9.17, 15) is 9.59 Å². The van der Waals surface area contributed by atoms with Gasteiger partial charge in [-0.3, -0.25) is 19.5 Å². The first-order chi connectivity index (χ1) is 11.6. The summed E-state index contributed by atoms with van der Waals surface area (Å²) in [5.41, 5.74) is 0.495. The predicted octanol–water partition coefficient (Wildman–Crippen LogP) is 2.38. The molecule has 25 heavy (non-hydrogen) atoms. The molecule has 2 saturated heterocycles. The van der Waals surface area contributed by atoms with Gasteiger partial charge in [-0.15, -0.1) is 24.0 Å². The van der Waals surface area contributed by atoms with Crippen molar-refractivity contribution in [3.05, 3.63) is 0 Å². The van der Waals surface area contributed by atoms with E-state index in [1.807, 2.05) is 7.05 Å². The van der Waals surface area contributed by atoms with Crippen molar-refractivity contribution in [3.8, 4) is 0 Å². The number of carbonyl (C=O) groups is 2. The summed E-state index contributed by atoms with van der Waals surface area (Å²) in [6.45, 7) is 3.17. The van der Waals surface area contributed by atoms with E-state index in [0.29, 0.717) is 37.8 Å². The number of likely N-dealkylation sites (tertiary alicyclic amines) is 2. The number of imide groups is 1. The highest BCUT2D eigenvalue weighted by molar-refractivity contribution is 14.0. The van der Waals surface area contributed by atoms with E-state index < -0.39 is 0 Å².